The summed E-state index contributed by atoms with van der Waals surface area (Å²) in [5.41, 5.74) is 2.58. The maximum atomic E-state index is 12.3. The van der Waals surface area contributed by atoms with Crippen LogP contribution < -0.4 is 20.1 Å². The van der Waals surface area contributed by atoms with Gasteiger partial charge in [0.2, 0.25) is 5.91 Å². The number of carbonyl (C=O) groups is 2. The summed E-state index contributed by atoms with van der Waals surface area (Å²) in [6.07, 6.45) is 1.49. The molecule has 0 atom stereocenters. The highest BCUT2D eigenvalue weighted by Gasteiger charge is 2.17. The van der Waals surface area contributed by atoms with Gasteiger partial charge in [0.1, 0.15) is 0 Å². The van der Waals surface area contributed by atoms with Crippen molar-refractivity contribution in [2.24, 2.45) is 0 Å². The quantitative estimate of drug-likeness (QED) is 0.548. The molecule has 0 aliphatic carbocycles. The number of nitrogens with one attached hydrogen (secondary N) is 2. The van der Waals surface area contributed by atoms with Crippen molar-refractivity contribution < 1.29 is 24.2 Å². The third-order valence-corrected chi connectivity index (χ3v) is 5.53. The molecular formula is C24H31N3O5. The number of aliphatic hydroxyl groups is 1. The number of hydrogen-bond donors (Lipinski definition) is 3. The summed E-state index contributed by atoms with van der Waals surface area (Å²) in [6.45, 7) is 2.96. The number of nitrogens with zero attached hydrogens (tertiary/aromatic N) is 1. The summed E-state index contributed by atoms with van der Waals surface area (Å²) >= 11 is 0. The fraction of sp³-hybridized carbons (Fsp3) is 0.417. The number of rotatable bonds is 9. The van der Waals surface area contributed by atoms with Gasteiger partial charge in [0.15, 0.2) is 11.5 Å². The van der Waals surface area contributed by atoms with Crippen LogP contribution in [0.4, 0.5) is 0 Å². The second-order valence-electron chi connectivity index (χ2n) is 7.85. The third kappa shape index (κ3) is 6.70. The van der Waals surface area contributed by atoms with Gasteiger partial charge in [0.25, 0.3) is 5.91 Å². The predicted molar refractivity (Wildman–Crippen MR) is 121 cm³/mol. The number of carbonyl (C=O) groups excluding carboxylic acids is 2. The molecule has 0 spiro atoms. The second kappa shape index (κ2) is 11.5. The third-order valence-electron chi connectivity index (χ3n) is 5.53. The molecule has 3 rings (SSSR count). The van der Waals surface area contributed by atoms with Crippen LogP contribution in [0.15, 0.2) is 42.5 Å². The molecule has 8 heteroatoms. The Bertz CT molecular complexity index is 908. The van der Waals surface area contributed by atoms with Gasteiger partial charge in [-0.25, -0.2) is 0 Å². The van der Waals surface area contributed by atoms with Gasteiger partial charge < -0.3 is 25.2 Å². The summed E-state index contributed by atoms with van der Waals surface area (Å²) in [6, 6.07) is 12.9. The Labute approximate surface area is 188 Å². The molecule has 2 aromatic rings. The van der Waals surface area contributed by atoms with Gasteiger partial charge in [0.05, 0.1) is 26.9 Å². The molecule has 0 radical (unpaired) electrons. The van der Waals surface area contributed by atoms with Gasteiger partial charge in [-0.05, 0) is 42.2 Å². The highest BCUT2D eigenvalue weighted by atomic mass is 16.5. The van der Waals surface area contributed by atoms with Crippen LogP contribution in [0.3, 0.4) is 0 Å². The van der Waals surface area contributed by atoms with Crippen LogP contribution in [0.25, 0.3) is 0 Å². The summed E-state index contributed by atoms with van der Waals surface area (Å²) < 4.78 is 10.4. The largest absolute Gasteiger partial charge is 0.493 e. The first-order valence-electron chi connectivity index (χ1n) is 10.7. The smallest absolute Gasteiger partial charge is 0.251 e. The molecule has 32 heavy (non-hydrogen) atoms. The van der Waals surface area contributed by atoms with Gasteiger partial charge in [-0.2, -0.15) is 0 Å². The van der Waals surface area contributed by atoms with E-state index in [-0.39, 0.29) is 24.5 Å². The van der Waals surface area contributed by atoms with Crippen LogP contribution >= 0.6 is 0 Å². The summed E-state index contributed by atoms with van der Waals surface area (Å²) in [5, 5.41) is 15.0. The molecular weight excluding hydrogens is 410 g/mol. The van der Waals surface area contributed by atoms with Crippen molar-refractivity contribution >= 4 is 11.8 Å². The van der Waals surface area contributed by atoms with Gasteiger partial charge in [-0.1, -0.05) is 24.3 Å². The Morgan fingerprint density at radius 1 is 0.969 bits per heavy atom. The number of methoxy groups -OCH3 is 2. The first kappa shape index (κ1) is 23.6. The average molecular weight is 442 g/mol. The van der Waals surface area contributed by atoms with Gasteiger partial charge in [0, 0.05) is 31.7 Å². The van der Waals surface area contributed by atoms with E-state index in [9.17, 15) is 14.7 Å². The van der Waals surface area contributed by atoms with Crippen molar-refractivity contribution in [3.05, 3.63) is 59.2 Å². The number of likely N-dealkylation sites (tertiary alicyclic amines) is 1. The fourth-order valence-corrected chi connectivity index (χ4v) is 3.60. The molecule has 1 aliphatic rings. The van der Waals surface area contributed by atoms with Crippen molar-refractivity contribution in [2.45, 2.75) is 32.0 Å². The normalized spacial score (nSPS) is 14.6. The molecule has 3 N–H and O–H groups in total. The first-order valence-corrected chi connectivity index (χ1v) is 10.7. The Morgan fingerprint density at radius 2 is 1.62 bits per heavy atom. The van der Waals surface area contributed by atoms with Crippen molar-refractivity contribution in [3.63, 3.8) is 0 Å². The fourth-order valence-electron chi connectivity index (χ4n) is 3.60. The predicted octanol–water partition coefficient (Wildman–Crippen LogP) is 1.71. The van der Waals surface area contributed by atoms with Crippen LogP contribution in [0.1, 0.15) is 34.3 Å². The van der Waals surface area contributed by atoms with E-state index in [1.54, 1.807) is 18.2 Å². The average Bonchev–Trinajstić information content (AvgIpc) is 2.83. The molecule has 1 saturated heterocycles. The van der Waals surface area contributed by atoms with Gasteiger partial charge in [-0.15, -0.1) is 0 Å². The molecule has 0 aromatic heterocycles. The number of amides is 2. The second-order valence-corrected chi connectivity index (χ2v) is 7.85. The van der Waals surface area contributed by atoms with Crippen molar-refractivity contribution in [2.75, 3.05) is 33.9 Å². The van der Waals surface area contributed by atoms with Crippen LogP contribution in [0, 0.1) is 0 Å². The monoisotopic (exact) mass is 441 g/mol. The van der Waals surface area contributed by atoms with Crippen molar-refractivity contribution in [1.29, 1.82) is 0 Å². The van der Waals surface area contributed by atoms with E-state index in [1.165, 1.54) is 19.8 Å². The lowest BCUT2D eigenvalue weighted by molar-refractivity contribution is -0.120. The number of hydrogen-bond acceptors (Lipinski definition) is 6. The maximum absolute atomic E-state index is 12.3. The lowest BCUT2D eigenvalue weighted by atomic mass is 10.1. The number of benzene rings is 2. The Morgan fingerprint density at radius 3 is 2.28 bits per heavy atom. The molecule has 0 saturated carbocycles. The maximum Gasteiger partial charge on any atom is 0.251 e. The summed E-state index contributed by atoms with van der Waals surface area (Å²) in [4.78, 5) is 26.8. The van der Waals surface area contributed by atoms with E-state index in [0.29, 0.717) is 23.6 Å². The zero-order valence-electron chi connectivity index (χ0n) is 18.6. The Hall–Kier alpha value is -3.10. The van der Waals surface area contributed by atoms with Crippen LogP contribution in [-0.4, -0.2) is 61.8 Å². The zero-order chi connectivity index (χ0) is 22.9. The van der Waals surface area contributed by atoms with E-state index < -0.39 is 0 Å². The lowest BCUT2D eigenvalue weighted by Crippen LogP contribution is -2.36. The van der Waals surface area contributed by atoms with Crippen LogP contribution in [-0.2, 0) is 17.9 Å². The van der Waals surface area contributed by atoms with E-state index in [0.717, 1.165) is 38.0 Å². The van der Waals surface area contributed by atoms with E-state index in [1.807, 2.05) is 12.1 Å². The highest BCUT2D eigenvalue weighted by molar-refractivity contribution is 5.97. The minimum Gasteiger partial charge on any atom is -0.493 e. The molecule has 1 fully saturated rings. The number of ether oxygens (including phenoxy) is 2. The zero-order valence-corrected chi connectivity index (χ0v) is 18.6. The molecule has 0 unspecified atom stereocenters. The molecule has 0 bridgehead atoms. The Balaban J connectivity index is 1.41. The number of piperidine rings is 1. The van der Waals surface area contributed by atoms with Gasteiger partial charge in [-0.3, -0.25) is 14.5 Å². The molecule has 2 aromatic carbocycles. The van der Waals surface area contributed by atoms with E-state index in [4.69, 9.17) is 9.47 Å². The SMILES string of the molecule is COc1ccc(C(=O)NCC(=O)NCc2ccc(CN3CCC(O)CC3)cc2)cc1OC. The molecule has 1 heterocycles. The van der Waals surface area contributed by atoms with E-state index >= 15 is 0 Å². The molecule has 2 amide bonds. The van der Waals surface area contributed by atoms with Crippen molar-refractivity contribution in [3.8, 4) is 11.5 Å². The van der Waals surface area contributed by atoms with Crippen LogP contribution in [0.2, 0.25) is 0 Å². The Kier molecular flexibility index (Phi) is 8.47. The first-order chi connectivity index (χ1) is 15.5. The molecule has 8 nitrogen and oxygen atoms in total. The molecule has 1 aliphatic heterocycles. The van der Waals surface area contributed by atoms with Crippen molar-refractivity contribution in [1.82, 2.24) is 15.5 Å². The standard InChI is InChI=1S/C24H31N3O5/c1-31-21-8-7-19(13-22(21)32-2)24(30)26-15-23(29)25-14-17-3-5-18(6-4-17)16-27-11-9-20(28)10-12-27/h3-8,13,20,28H,9-12,14-16H2,1-2H3,(H,25,29)(H,26,30). The van der Waals surface area contributed by atoms with Gasteiger partial charge >= 0.3 is 0 Å². The summed E-state index contributed by atoms with van der Waals surface area (Å²) in [5.74, 6) is 0.346. The highest BCUT2D eigenvalue weighted by Crippen LogP contribution is 2.27. The summed E-state index contributed by atoms with van der Waals surface area (Å²) in [7, 11) is 3.02. The topological polar surface area (TPSA) is 100 Å². The minimum absolute atomic E-state index is 0.119. The lowest BCUT2D eigenvalue weighted by Gasteiger charge is -2.29. The van der Waals surface area contributed by atoms with E-state index in [2.05, 4.69) is 27.7 Å². The minimum atomic E-state index is -0.365. The molecule has 172 valence electrons. The number of aliphatic hydroxyl groups excluding tert-OH is 1. The van der Waals surface area contributed by atoms with Crippen LogP contribution in [0.5, 0.6) is 11.5 Å².